The molecule has 0 aromatic carbocycles. The van der Waals surface area contributed by atoms with Gasteiger partial charge >= 0.3 is 0 Å². The van der Waals surface area contributed by atoms with Crippen LogP contribution in [0.5, 0.6) is 0 Å². The summed E-state index contributed by atoms with van der Waals surface area (Å²) in [7, 11) is 2.04. The van der Waals surface area contributed by atoms with E-state index >= 15 is 0 Å². The summed E-state index contributed by atoms with van der Waals surface area (Å²) in [6.45, 7) is 2.28. The van der Waals surface area contributed by atoms with Gasteiger partial charge in [-0.2, -0.15) is 0 Å². The van der Waals surface area contributed by atoms with Crippen LogP contribution in [-0.4, -0.2) is 7.05 Å². The summed E-state index contributed by atoms with van der Waals surface area (Å²) in [6, 6.07) is 2.40. The van der Waals surface area contributed by atoms with Crippen LogP contribution in [0.25, 0.3) is 0 Å². The van der Waals surface area contributed by atoms with Crippen LogP contribution in [-0.2, 0) is 0 Å². The highest BCUT2D eigenvalue weighted by atomic mass is 35.5. The molecule has 0 aliphatic heterocycles. The van der Waals surface area contributed by atoms with E-state index in [0.29, 0.717) is 12.0 Å². The molecule has 4 heteroatoms. The molecule has 2 rings (SSSR count). The number of unbranched alkanes of at least 4 members (excludes halogenated alkanes) is 1. The van der Waals surface area contributed by atoms with Crippen molar-refractivity contribution in [3.05, 3.63) is 20.3 Å². The Labute approximate surface area is 137 Å². The fourth-order valence-corrected chi connectivity index (χ4v) is 5.06. The van der Waals surface area contributed by atoms with Crippen LogP contribution in [0.2, 0.25) is 8.67 Å². The van der Waals surface area contributed by atoms with E-state index < -0.39 is 0 Å². The third-order valence-electron chi connectivity index (χ3n) is 4.66. The van der Waals surface area contributed by atoms with Crippen molar-refractivity contribution in [2.24, 2.45) is 11.8 Å². The molecular weight excluding hydrogens is 309 g/mol. The zero-order chi connectivity index (χ0) is 14.5. The van der Waals surface area contributed by atoms with E-state index in [9.17, 15) is 0 Å². The van der Waals surface area contributed by atoms with Crippen molar-refractivity contribution in [1.29, 1.82) is 0 Å². The first-order chi connectivity index (χ1) is 9.65. The average molecular weight is 334 g/mol. The van der Waals surface area contributed by atoms with Crippen molar-refractivity contribution in [2.75, 3.05) is 7.05 Å². The molecule has 1 unspecified atom stereocenters. The van der Waals surface area contributed by atoms with Crippen LogP contribution in [0.3, 0.4) is 0 Å². The SMILES string of the molecule is CCCCC1CCC(C(NC)c2cc(Cl)sc2Cl)CC1. The van der Waals surface area contributed by atoms with E-state index in [-0.39, 0.29) is 0 Å². The van der Waals surface area contributed by atoms with E-state index in [1.165, 1.54) is 61.8 Å². The maximum Gasteiger partial charge on any atom is 0.0992 e. The van der Waals surface area contributed by atoms with Gasteiger partial charge in [0, 0.05) is 11.6 Å². The van der Waals surface area contributed by atoms with E-state index in [1.54, 1.807) is 0 Å². The summed E-state index contributed by atoms with van der Waals surface area (Å²) in [5, 5.41) is 3.46. The molecule has 1 aromatic heterocycles. The molecule has 1 heterocycles. The zero-order valence-electron chi connectivity index (χ0n) is 12.4. The van der Waals surface area contributed by atoms with Crippen LogP contribution >= 0.6 is 34.5 Å². The standard InChI is InChI=1S/C16H25Cl2NS/c1-3-4-5-11-6-8-12(9-7-11)15(19-2)13-10-14(17)20-16(13)18/h10-12,15,19H,3-9H2,1-2H3. The van der Waals surface area contributed by atoms with Gasteiger partial charge < -0.3 is 5.32 Å². The number of rotatable bonds is 6. The highest BCUT2D eigenvalue weighted by Crippen LogP contribution is 2.43. The van der Waals surface area contributed by atoms with Crippen LogP contribution in [0.1, 0.15) is 63.5 Å². The normalized spacial score (nSPS) is 24.8. The first kappa shape index (κ1) is 16.6. The third-order valence-corrected chi connectivity index (χ3v) is 6.18. The van der Waals surface area contributed by atoms with Crippen LogP contribution in [0.4, 0.5) is 0 Å². The summed E-state index contributed by atoms with van der Waals surface area (Å²) in [4.78, 5) is 0. The lowest BCUT2D eigenvalue weighted by Crippen LogP contribution is -2.28. The maximum atomic E-state index is 6.33. The Morgan fingerprint density at radius 3 is 2.50 bits per heavy atom. The highest BCUT2D eigenvalue weighted by Gasteiger charge is 2.29. The minimum atomic E-state index is 0.360. The molecule has 0 radical (unpaired) electrons. The molecule has 0 amide bonds. The number of halogens is 2. The molecule has 1 aliphatic carbocycles. The Hall–Kier alpha value is 0.240. The van der Waals surface area contributed by atoms with Gasteiger partial charge in [0.25, 0.3) is 0 Å². The second-order valence-corrected chi connectivity index (χ2v) is 8.25. The fourth-order valence-electron chi connectivity index (χ4n) is 3.51. The lowest BCUT2D eigenvalue weighted by atomic mass is 9.75. The van der Waals surface area contributed by atoms with Gasteiger partial charge in [-0.3, -0.25) is 0 Å². The molecule has 0 saturated heterocycles. The quantitative estimate of drug-likeness (QED) is 0.642. The minimum Gasteiger partial charge on any atom is -0.313 e. The van der Waals surface area contributed by atoms with Crippen molar-refractivity contribution in [3.63, 3.8) is 0 Å². The van der Waals surface area contributed by atoms with Crippen molar-refractivity contribution in [3.8, 4) is 0 Å². The second-order valence-electron chi connectivity index (χ2n) is 5.97. The van der Waals surface area contributed by atoms with Crippen molar-refractivity contribution < 1.29 is 0 Å². The number of thiophene rings is 1. The minimum absolute atomic E-state index is 0.360. The van der Waals surface area contributed by atoms with Gasteiger partial charge in [0.2, 0.25) is 0 Å². The zero-order valence-corrected chi connectivity index (χ0v) is 14.8. The lowest BCUT2D eigenvalue weighted by molar-refractivity contribution is 0.218. The van der Waals surface area contributed by atoms with Crippen LogP contribution in [0, 0.1) is 11.8 Å². The molecule has 1 nitrogen and oxygen atoms in total. The monoisotopic (exact) mass is 333 g/mol. The molecule has 114 valence electrons. The third kappa shape index (κ3) is 4.13. The molecule has 1 N–H and O–H groups in total. The Morgan fingerprint density at radius 2 is 2.00 bits per heavy atom. The van der Waals surface area contributed by atoms with Crippen molar-refractivity contribution >= 4 is 34.5 Å². The molecule has 1 atom stereocenters. The van der Waals surface area contributed by atoms with Gasteiger partial charge in [0.1, 0.15) is 0 Å². The molecule has 1 aromatic rings. The highest BCUT2D eigenvalue weighted by molar-refractivity contribution is 7.20. The summed E-state index contributed by atoms with van der Waals surface area (Å²) < 4.78 is 1.64. The molecule has 0 bridgehead atoms. The van der Waals surface area contributed by atoms with E-state index in [0.717, 1.165) is 14.6 Å². The van der Waals surface area contributed by atoms with E-state index in [2.05, 4.69) is 12.2 Å². The lowest BCUT2D eigenvalue weighted by Gasteiger charge is -2.34. The molecule has 1 aliphatic rings. The van der Waals surface area contributed by atoms with E-state index in [4.69, 9.17) is 23.2 Å². The first-order valence-corrected chi connectivity index (χ1v) is 9.35. The Balaban J connectivity index is 1.95. The van der Waals surface area contributed by atoms with Gasteiger partial charge in [-0.05, 0) is 37.8 Å². The predicted octanol–water partition coefficient (Wildman–Crippen LogP) is 6.31. The molecule has 0 spiro atoms. The van der Waals surface area contributed by atoms with Gasteiger partial charge in [-0.1, -0.05) is 62.2 Å². The van der Waals surface area contributed by atoms with E-state index in [1.807, 2.05) is 13.1 Å². The smallest absolute Gasteiger partial charge is 0.0992 e. The topological polar surface area (TPSA) is 12.0 Å². The maximum absolute atomic E-state index is 6.33. The molecule has 1 saturated carbocycles. The van der Waals surface area contributed by atoms with Crippen molar-refractivity contribution in [1.82, 2.24) is 5.32 Å². The first-order valence-electron chi connectivity index (χ1n) is 7.77. The second kappa shape index (κ2) is 8.03. The van der Waals surface area contributed by atoms with Gasteiger partial charge in [0.15, 0.2) is 0 Å². The Bertz CT molecular complexity index is 411. The molecular formula is C16H25Cl2NS. The summed E-state index contributed by atoms with van der Waals surface area (Å²) in [6.07, 6.45) is 9.49. The van der Waals surface area contributed by atoms with Gasteiger partial charge in [-0.15, -0.1) is 11.3 Å². The Morgan fingerprint density at radius 1 is 1.30 bits per heavy atom. The molecule has 1 fully saturated rings. The van der Waals surface area contributed by atoms with Crippen molar-refractivity contribution in [2.45, 2.75) is 57.9 Å². The summed E-state index contributed by atoms with van der Waals surface area (Å²) in [5.74, 6) is 1.64. The van der Waals surface area contributed by atoms with Crippen LogP contribution < -0.4 is 5.32 Å². The summed E-state index contributed by atoms with van der Waals surface area (Å²) in [5.41, 5.74) is 1.20. The predicted molar refractivity (Wildman–Crippen MR) is 91.1 cm³/mol. The summed E-state index contributed by atoms with van der Waals surface area (Å²) >= 11 is 13.9. The number of nitrogens with one attached hydrogen (secondary N) is 1. The van der Waals surface area contributed by atoms with Gasteiger partial charge in [-0.25, -0.2) is 0 Å². The average Bonchev–Trinajstić information content (AvgIpc) is 2.78. The Kier molecular flexibility index (Phi) is 6.67. The number of hydrogen-bond donors (Lipinski definition) is 1. The number of hydrogen-bond acceptors (Lipinski definition) is 2. The fraction of sp³-hybridized carbons (Fsp3) is 0.750. The van der Waals surface area contributed by atoms with Gasteiger partial charge in [0.05, 0.1) is 8.67 Å². The largest absolute Gasteiger partial charge is 0.313 e. The van der Waals surface area contributed by atoms with Crippen LogP contribution in [0.15, 0.2) is 6.07 Å². The molecule has 20 heavy (non-hydrogen) atoms.